The lowest BCUT2D eigenvalue weighted by atomic mass is 9.80. The predicted molar refractivity (Wildman–Crippen MR) is 85.7 cm³/mol. The average Bonchev–Trinajstić information content (AvgIpc) is 2.96. The molecule has 6 heteroatoms. The van der Waals surface area contributed by atoms with Crippen LogP contribution in [0.5, 0.6) is 0 Å². The minimum atomic E-state index is -0.103. The number of nitrogens with one attached hydrogen (secondary N) is 1. The second-order valence-electron chi connectivity index (χ2n) is 5.70. The zero-order chi connectivity index (χ0) is 15.5. The summed E-state index contributed by atoms with van der Waals surface area (Å²) in [6, 6.07) is 5.42. The number of methoxy groups -OCH3 is 1. The van der Waals surface area contributed by atoms with Crippen molar-refractivity contribution >= 4 is 16.7 Å². The van der Waals surface area contributed by atoms with Gasteiger partial charge < -0.3 is 10.1 Å². The predicted octanol–water partition coefficient (Wildman–Crippen LogP) is 3.60. The van der Waals surface area contributed by atoms with Crippen molar-refractivity contribution in [1.82, 2.24) is 9.36 Å². The summed E-state index contributed by atoms with van der Waals surface area (Å²) >= 11 is 1.35. The van der Waals surface area contributed by atoms with Crippen molar-refractivity contribution < 1.29 is 9.13 Å². The molecule has 0 radical (unpaired) electrons. The highest BCUT2D eigenvalue weighted by Gasteiger charge is 2.28. The second kappa shape index (κ2) is 6.71. The highest BCUT2D eigenvalue weighted by Crippen LogP contribution is 2.37. The van der Waals surface area contributed by atoms with E-state index in [1.165, 1.54) is 11.5 Å². The molecule has 0 bridgehead atoms. The van der Waals surface area contributed by atoms with Gasteiger partial charge in [-0.05, 0) is 36.0 Å². The van der Waals surface area contributed by atoms with Gasteiger partial charge in [-0.15, -0.1) is 0 Å². The van der Waals surface area contributed by atoms with Crippen LogP contribution in [0.15, 0.2) is 18.2 Å². The number of nitrogens with zero attached hydrogens (tertiary/aromatic N) is 2. The van der Waals surface area contributed by atoms with Crippen molar-refractivity contribution in [3.8, 4) is 0 Å². The molecule has 0 saturated carbocycles. The molecule has 0 fully saturated rings. The third kappa shape index (κ3) is 3.13. The fourth-order valence-electron chi connectivity index (χ4n) is 2.94. The molecule has 1 heterocycles. The monoisotopic (exact) mass is 321 g/mol. The second-order valence-corrected chi connectivity index (χ2v) is 6.46. The molecule has 0 saturated heterocycles. The van der Waals surface area contributed by atoms with E-state index in [0.717, 1.165) is 34.9 Å². The third-order valence-corrected chi connectivity index (χ3v) is 4.87. The van der Waals surface area contributed by atoms with E-state index in [-0.39, 0.29) is 11.9 Å². The van der Waals surface area contributed by atoms with Crippen LogP contribution in [0.25, 0.3) is 0 Å². The van der Waals surface area contributed by atoms with Crippen LogP contribution in [0.3, 0.4) is 0 Å². The summed E-state index contributed by atoms with van der Waals surface area (Å²) in [5.41, 5.74) is 1.88. The zero-order valence-corrected chi connectivity index (χ0v) is 13.6. The van der Waals surface area contributed by atoms with Gasteiger partial charge in [0.05, 0.1) is 12.6 Å². The van der Waals surface area contributed by atoms with Crippen LogP contribution in [0.1, 0.15) is 36.3 Å². The molecule has 1 N–H and O–H groups in total. The highest BCUT2D eigenvalue weighted by atomic mass is 32.1. The Balaban J connectivity index is 1.80. The summed E-state index contributed by atoms with van der Waals surface area (Å²) in [5.74, 6) is 1.12. The Labute approximate surface area is 133 Å². The standard InChI is InChI=1S/C16H20FN3OS/c1-10-6-7-11-12(4-3-5-13(11)17)15(10)19-16-18-14(20-22-16)8-9-21-2/h3-5,10,15H,6-9H2,1-2H3,(H,18,19,20). The molecule has 1 aromatic heterocycles. The minimum absolute atomic E-state index is 0.0858. The molecule has 4 nitrogen and oxygen atoms in total. The number of rotatable bonds is 5. The first-order valence-corrected chi connectivity index (χ1v) is 8.31. The Hall–Kier alpha value is -1.53. The molecule has 2 aromatic rings. The van der Waals surface area contributed by atoms with Gasteiger partial charge in [0.15, 0.2) is 0 Å². The van der Waals surface area contributed by atoms with Crippen LogP contribution in [0, 0.1) is 11.7 Å². The van der Waals surface area contributed by atoms with Gasteiger partial charge in [-0.3, -0.25) is 0 Å². The highest BCUT2D eigenvalue weighted by molar-refractivity contribution is 7.09. The molecule has 0 aliphatic heterocycles. The van der Waals surface area contributed by atoms with Crippen LogP contribution < -0.4 is 5.32 Å². The number of halogens is 1. The van der Waals surface area contributed by atoms with E-state index in [0.29, 0.717) is 18.9 Å². The number of benzene rings is 1. The quantitative estimate of drug-likeness (QED) is 0.914. The van der Waals surface area contributed by atoms with Crippen molar-refractivity contribution in [3.63, 3.8) is 0 Å². The van der Waals surface area contributed by atoms with Crippen molar-refractivity contribution in [2.24, 2.45) is 5.92 Å². The summed E-state index contributed by atoms with van der Waals surface area (Å²) in [4.78, 5) is 4.49. The van der Waals surface area contributed by atoms with E-state index in [1.807, 2.05) is 6.07 Å². The Morgan fingerprint density at radius 1 is 1.45 bits per heavy atom. The van der Waals surface area contributed by atoms with Crippen molar-refractivity contribution in [3.05, 3.63) is 41.0 Å². The summed E-state index contributed by atoms with van der Waals surface area (Å²) in [6.45, 7) is 2.81. The first-order chi connectivity index (χ1) is 10.7. The normalized spacial score (nSPS) is 20.7. The molecule has 1 aliphatic rings. The van der Waals surface area contributed by atoms with Gasteiger partial charge in [-0.1, -0.05) is 19.1 Å². The largest absolute Gasteiger partial charge is 0.384 e. The summed E-state index contributed by atoms with van der Waals surface area (Å²) in [6.07, 6.45) is 2.48. The molecule has 1 aromatic carbocycles. The number of anilines is 1. The van der Waals surface area contributed by atoms with Crippen LogP contribution >= 0.6 is 11.5 Å². The molecule has 0 spiro atoms. The molecular formula is C16H20FN3OS. The molecule has 1 aliphatic carbocycles. The maximum atomic E-state index is 14.0. The molecule has 0 amide bonds. The Kier molecular flexibility index (Phi) is 4.69. The number of fused-ring (bicyclic) bond motifs is 1. The van der Waals surface area contributed by atoms with Crippen molar-refractivity contribution in [2.75, 3.05) is 19.0 Å². The van der Waals surface area contributed by atoms with E-state index < -0.39 is 0 Å². The molecule has 118 valence electrons. The fraction of sp³-hybridized carbons (Fsp3) is 0.500. The lowest BCUT2D eigenvalue weighted by Crippen LogP contribution is -2.25. The van der Waals surface area contributed by atoms with Crippen LogP contribution in [0.2, 0.25) is 0 Å². The molecule has 22 heavy (non-hydrogen) atoms. The summed E-state index contributed by atoms with van der Waals surface area (Å²) in [5, 5.41) is 4.24. The maximum Gasteiger partial charge on any atom is 0.203 e. The topological polar surface area (TPSA) is 47.0 Å². The Morgan fingerprint density at radius 3 is 3.14 bits per heavy atom. The summed E-state index contributed by atoms with van der Waals surface area (Å²) in [7, 11) is 1.67. The number of ether oxygens (including phenoxy) is 1. The van der Waals surface area contributed by atoms with Gasteiger partial charge in [0.2, 0.25) is 5.13 Å². The Morgan fingerprint density at radius 2 is 2.32 bits per heavy atom. The minimum Gasteiger partial charge on any atom is -0.384 e. The smallest absolute Gasteiger partial charge is 0.203 e. The SMILES string of the molecule is COCCc1nsc(NC2c3cccc(F)c3CCC2C)n1. The average molecular weight is 321 g/mol. The van der Waals surface area contributed by atoms with Crippen molar-refractivity contribution in [1.29, 1.82) is 0 Å². The van der Waals surface area contributed by atoms with Gasteiger partial charge in [0.1, 0.15) is 11.6 Å². The van der Waals surface area contributed by atoms with E-state index in [2.05, 4.69) is 21.6 Å². The van der Waals surface area contributed by atoms with E-state index in [1.54, 1.807) is 19.2 Å². The number of hydrogen-bond donors (Lipinski definition) is 1. The zero-order valence-electron chi connectivity index (χ0n) is 12.8. The van der Waals surface area contributed by atoms with Gasteiger partial charge in [-0.2, -0.15) is 4.37 Å². The summed E-state index contributed by atoms with van der Waals surface area (Å²) < 4.78 is 23.4. The molecule has 2 unspecified atom stereocenters. The van der Waals surface area contributed by atoms with Gasteiger partial charge in [0, 0.05) is 25.1 Å². The molecule has 2 atom stereocenters. The lowest BCUT2D eigenvalue weighted by molar-refractivity contribution is 0.201. The van der Waals surface area contributed by atoms with Gasteiger partial charge in [0.25, 0.3) is 0 Å². The van der Waals surface area contributed by atoms with Gasteiger partial charge >= 0.3 is 0 Å². The van der Waals surface area contributed by atoms with Crippen LogP contribution in [0.4, 0.5) is 9.52 Å². The number of hydrogen-bond acceptors (Lipinski definition) is 5. The van der Waals surface area contributed by atoms with E-state index in [9.17, 15) is 4.39 Å². The van der Waals surface area contributed by atoms with E-state index in [4.69, 9.17) is 4.74 Å². The number of aromatic nitrogens is 2. The van der Waals surface area contributed by atoms with E-state index >= 15 is 0 Å². The first-order valence-electron chi connectivity index (χ1n) is 7.54. The van der Waals surface area contributed by atoms with Crippen LogP contribution in [-0.4, -0.2) is 23.1 Å². The molecular weight excluding hydrogens is 301 g/mol. The third-order valence-electron chi connectivity index (χ3n) is 4.19. The molecule has 3 rings (SSSR count). The maximum absolute atomic E-state index is 14.0. The van der Waals surface area contributed by atoms with Crippen molar-refractivity contribution in [2.45, 2.75) is 32.2 Å². The van der Waals surface area contributed by atoms with Gasteiger partial charge in [-0.25, -0.2) is 9.37 Å². The van der Waals surface area contributed by atoms with Crippen LogP contribution in [-0.2, 0) is 17.6 Å². The lowest BCUT2D eigenvalue weighted by Gasteiger charge is -2.32. The Bertz CT molecular complexity index is 646. The first kappa shape index (κ1) is 15.4. The fourth-order valence-corrected chi connectivity index (χ4v) is 3.59.